The van der Waals surface area contributed by atoms with Crippen molar-refractivity contribution >= 4 is 38.9 Å². The molecule has 0 aliphatic carbocycles. The fourth-order valence-corrected chi connectivity index (χ4v) is 5.06. The molecule has 9 heteroatoms. The van der Waals surface area contributed by atoms with Crippen LogP contribution in [0.2, 0.25) is 0 Å². The van der Waals surface area contributed by atoms with E-state index in [0.717, 1.165) is 22.9 Å². The van der Waals surface area contributed by atoms with Crippen molar-refractivity contribution in [3.8, 4) is 11.5 Å². The minimum absolute atomic E-state index is 0.0852. The Morgan fingerprint density at radius 2 is 1.73 bits per heavy atom. The van der Waals surface area contributed by atoms with Gasteiger partial charge in [0, 0.05) is 6.54 Å². The van der Waals surface area contributed by atoms with Crippen molar-refractivity contribution in [2.75, 3.05) is 20.8 Å². The van der Waals surface area contributed by atoms with E-state index in [0.29, 0.717) is 22.9 Å². The fourth-order valence-electron chi connectivity index (χ4n) is 2.81. The normalized spacial score (nSPS) is 17.1. The summed E-state index contributed by atoms with van der Waals surface area (Å²) in [7, 11) is -0.858. The van der Waals surface area contributed by atoms with E-state index in [2.05, 4.69) is 4.40 Å². The van der Waals surface area contributed by atoms with Gasteiger partial charge >= 0.3 is 0 Å². The number of sulfonamides is 1. The molecule has 158 valence electrons. The van der Waals surface area contributed by atoms with E-state index in [4.69, 9.17) is 9.47 Å². The zero-order valence-corrected chi connectivity index (χ0v) is 18.7. The maximum absolute atomic E-state index is 12.8. The lowest BCUT2D eigenvalue weighted by Gasteiger charge is -2.12. The van der Waals surface area contributed by atoms with Crippen LogP contribution in [0.1, 0.15) is 18.1 Å². The number of ether oxygens (including phenoxy) is 2. The van der Waals surface area contributed by atoms with Crippen LogP contribution in [0.5, 0.6) is 11.5 Å². The van der Waals surface area contributed by atoms with Gasteiger partial charge in [-0.25, -0.2) is 0 Å². The number of carbonyl (C=O) groups is 1. The van der Waals surface area contributed by atoms with Gasteiger partial charge in [0.2, 0.25) is 0 Å². The summed E-state index contributed by atoms with van der Waals surface area (Å²) >= 11 is 1.03. The highest BCUT2D eigenvalue weighted by molar-refractivity contribution is 8.19. The second kappa shape index (κ2) is 8.93. The number of nitrogens with zero attached hydrogens (tertiary/aromatic N) is 2. The number of benzene rings is 2. The summed E-state index contributed by atoms with van der Waals surface area (Å²) in [4.78, 5) is 14.6. The number of amidine groups is 1. The molecule has 0 unspecified atom stereocenters. The highest BCUT2D eigenvalue weighted by Crippen LogP contribution is 2.35. The molecule has 0 bridgehead atoms. The van der Waals surface area contributed by atoms with E-state index in [1.54, 1.807) is 50.4 Å². The molecule has 0 saturated carbocycles. The van der Waals surface area contributed by atoms with E-state index in [1.807, 2.05) is 6.92 Å². The average molecular weight is 447 g/mol. The molecule has 2 aromatic carbocycles. The molecule has 1 fully saturated rings. The van der Waals surface area contributed by atoms with Crippen molar-refractivity contribution in [3.63, 3.8) is 0 Å². The number of rotatable bonds is 6. The first-order chi connectivity index (χ1) is 14.3. The van der Waals surface area contributed by atoms with E-state index in [-0.39, 0.29) is 16.0 Å². The molecule has 2 aromatic rings. The number of hydrogen-bond acceptors (Lipinski definition) is 6. The van der Waals surface area contributed by atoms with E-state index < -0.39 is 10.0 Å². The van der Waals surface area contributed by atoms with Gasteiger partial charge in [0.1, 0.15) is 0 Å². The predicted octanol–water partition coefficient (Wildman–Crippen LogP) is 3.69. The third-order valence-corrected chi connectivity index (χ3v) is 6.83. The van der Waals surface area contributed by atoms with E-state index in [1.165, 1.54) is 24.1 Å². The zero-order chi connectivity index (χ0) is 21.9. The quantitative estimate of drug-likeness (QED) is 0.629. The van der Waals surface area contributed by atoms with Crippen LogP contribution in [0, 0.1) is 6.92 Å². The highest BCUT2D eigenvalue weighted by atomic mass is 32.2. The number of amides is 1. The highest BCUT2D eigenvalue weighted by Gasteiger charge is 2.34. The second-order valence-corrected chi connectivity index (χ2v) is 9.05. The third-order valence-electron chi connectivity index (χ3n) is 4.43. The summed E-state index contributed by atoms with van der Waals surface area (Å²) < 4.78 is 39.9. The van der Waals surface area contributed by atoms with Gasteiger partial charge in [-0.1, -0.05) is 23.8 Å². The van der Waals surface area contributed by atoms with Gasteiger partial charge in [-0.3, -0.25) is 9.69 Å². The Labute approximate surface area is 180 Å². The Kier molecular flexibility index (Phi) is 6.52. The topological polar surface area (TPSA) is 85.3 Å². The molecule has 1 saturated heterocycles. The smallest absolute Gasteiger partial charge is 0.284 e. The number of aryl methyl sites for hydroxylation is 1. The summed E-state index contributed by atoms with van der Waals surface area (Å²) in [6, 6.07) is 11.7. The van der Waals surface area contributed by atoms with Gasteiger partial charge in [-0.2, -0.15) is 8.42 Å². The Hall–Kier alpha value is -2.78. The molecule has 0 atom stereocenters. The largest absolute Gasteiger partial charge is 0.493 e. The molecule has 30 heavy (non-hydrogen) atoms. The number of carbonyl (C=O) groups excluding carboxylic acids is 1. The minimum Gasteiger partial charge on any atom is -0.493 e. The number of methoxy groups -OCH3 is 2. The number of thioether (sulfide) groups is 1. The fraction of sp³-hybridized carbons (Fsp3) is 0.238. The summed E-state index contributed by atoms with van der Waals surface area (Å²) in [6.07, 6.45) is 1.68. The summed E-state index contributed by atoms with van der Waals surface area (Å²) in [5, 5.41) is 0.134. The number of likely N-dealkylation sites (N-methyl/N-ethyl adjacent to an activating group) is 1. The summed E-state index contributed by atoms with van der Waals surface area (Å²) in [5.74, 6) is 0.812. The lowest BCUT2D eigenvalue weighted by Crippen LogP contribution is -2.29. The van der Waals surface area contributed by atoms with Crippen LogP contribution in [0.15, 0.2) is 56.7 Å². The van der Waals surface area contributed by atoms with Crippen LogP contribution in [0.3, 0.4) is 0 Å². The lowest BCUT2D eigenvalue weighted by molar-refractivity contribution is -0.122. The molecule has 1 aliphatic rings. The zero-order valence-electron chi connectivity index (χ0n) is 17.1. The molecule has 0 radical (unpaired) electrons. The Bertz CT molecular complexity index is 1120. The van der Waals surface area contributed by atoms with Crippen molar-refractivity contribution in [1.29, 1.82) is 0 Å². The summed E-state index contributed by atoms with van der Waals surface area (Å²) in [6.45, 7) is 3.95. The van der Waals surface area contributed by atoms with E-state index >= 15 is 0 Å². The molecule has 0 aromatic heterocycles. The van der Waals surface area contributed by atoms with Crippen LogP contribution in [0.25, 0.3) is 6.08 Å². The third kappa shape index (κ3) is 4.52. The van der Waals surface area contributed by atoms with Gasteiger partial charge in [-0.15, -0.1) is 4.40 Å². The van der Waals surface area contributed by atoms with Crippen molar-refractivity contribution in [3.05, 3.63) is 58.5 Å². The molecular formula is C21H22N2O5S2. The van der Waals surface area contributed by atoms with Crippen LogP contribution in [0.4, 0.5) is 0 Å². The van der Waals surface area contributed by atoms with Gasteiger partial charge in [0.05, 0.1) is 24.0 Å². The summed E-state index contributed by atoms with van der Waals surface area (Å²) in [5.41, 5.74) is 1.67. The first-order valence-electron chi connectivity index (χ1n) is 9.14. The first kappa shape index (κ1) is 21.9. The Morgan fingerprint density at radius 1 is 1.07 bits per heavy atom. The van der Waals surface area contributed by atoms with Crippen LogP contribution in [-0.4, -0.2) is 45.2 Å². The molecule has 1 aliphatic heterocycles. The maximum atomic E-state index is 12.8. The maximum Gasteiger partial charge on any atom is 0.284 e. The molecule has 1 amide bonds. The molecule has 3 rings (SSSR count). The van der Waals surface area contributed by atoms with Gasteiger partial charge < -0.3 is 9.47 Å². The van der Waals surface area contributed by atoms with Crippen molar-refractivity contribution < 1.29 is 22.7 Å². The van der Waals surface area contributed by atoms with E-state index in [9.17, 15) is 13.2 Å². The molecule has 0 N–H and O–H groups in total. The van der Waals surface area contributed by atoms with Gasteiger partial charge in [0.25, 0.3) is 15.9 Å². The van der Waals surface area contributed by atoms with Crippen LogP contribution in [-0.2, 0) is 14.8 Å². The lowest BCUT2D eigenvalue weighted by atomic mass is 10.2. The molecule has 1 heterocycles. The van der Waals surface area contributed by atoms with Crippen molar-refractivity contribution in [2.24, 2.45) is 4.40 Å². The monoisotopic (exact) mass is 446 g/mol. The number of hydrogen-bond donors (Lipinski definition) is 0. The van der Waals surface area contributed by atoms with Crippen LogP contribution < -0.4 is 9.47 Å². The first-order valence-corrected chi connectivity index (χ1v) is 11.4. The van der Waals surface area contributed by atoms with Gasteiger partial charge in [0.15, 0.2) is 16.7 Å². The second-order valence-electron chi connectivity index (χ2n) is 6.44. The standard InChI is InChI=1S/C21H22N2O5S2/c1-5-23-20(24)19(13-15-8-11-17(27-3)18(12-15)28-4)29-21(23)22-30(25,26)16-9-6-14(2)7-10-16/h6-13H,5H2,1-4H3/b19-13-,22-21-. The predicted molar refractivity (Wildman–Crippen MR) is 118 cm³/mol. The molecule has 7 nitrogen and oxygen atoms in total. The minimum atomic E-state index is -3.93. The molecular weight excluding hydrogens is 424 g/mol. The average Bonchev–Trinajstić information content (AvgIpc) is 3.01. The van der Waals surface area contributed by atoms with Crippen LogP contribution >= 0.6 is 11.8 Å². The molecule has 0 spiro atoms. The van der Waals surface area contributed by atoms with Gasteiger partial charge in [-0.05, 0) is 61.5 Å². The Morgan fingerprint density at radius 3 is 2.33 bits per heavy atom. The van der Waals surface area contributed by atoms with Crippen molar-refractivity contribution in [2.45, 2.75) is 18.7 Å². The Balaban J connectivity index is 1.96. The van der Waals surface area contributed by atoms with Crippen molar-refractivity contribution in [1.82, 2.24) is 4.90 Å². The SMILES string of the molecule is CCN1C(=O)/C(=C/c2ccc(OC)c(OC)c2)S/C1=N\S(=O)(=O)c1ccc(C)cc1.